The summed E-state index contributed by atoms with van der Waals surface area (Å²) in [4.78, 5) is 15.4. The van der Waals surface area contributed by atoms with Crippen LogP contribution in [0.3, 0.4) is 0 Å². The van der Waals surface area contributed by atoms with E-state index in [4.69, 9.17) is 5.11 Å². The second-order valence-corrected chi connectivity index (χ2v) is 5.56. The fourth-order valence-corrected chi connectivity index (χ4v) is 3.21. The van der Waals surface area contributed by atoms with Crippen molar-refractivity contribution in [2.45, 2.75) is 18.9 Å². The minimum atomic E-state index is -0.683. The lowest BCUT2D eigenvalue weighted by molar-refractivity contribution is -0.149. The highest BCUT2D eigenvalue weighted by Crippen LogP contribution is 2.33. The number of carboxylic acids is 1. The van der Waals surface area contributed by atoms with Gasteiger partial charge in [0.05, 0.1) is 11.6 Å². The predicted octanol–water partition coefficient (Wildman–Crippen LogP) is 1.81. The van der Waals surface area contributed by atoms with Gasteiger partial charge in [-0.15, -0.1) is 0 Å². The zero-order chi connectivity index (χ0) is 14.1. The lowest BCUT2D eigenvalue weighted by atomic mass is 9.78. The van der Waals surface area contributed by atoms with E-state index in [1.165, 1.54) is 6.07 Å². The molecule has 1 aliphatic carbocycles. The molecule has 5 heteroatoms. The number of piperazine rings is 1. The Morgan fingerprint density at radius 3 is 2.40 bits per heavy atom. The first-order valence-electron chi connectivity index (χ1n) is 7.13. The smallest absolute Gasteiger partial charge is 0.308 e. The zero-order valence-corrected chi connectivity index (χ0v) is 11.3. The molecule has 108 valence electrons. The Bertz CT molecular complexity index is 500. The van der Waals surface area contributed by atoms with Crippen molar-refractivity contribution < 1.29 is 14.3 Å². The fraction of sp³-hybridized carbons (Fsp3) is 0.533. The van der Waals surface area contributed by atoms with Gasteiger partial charge in [0.1, 0.15) is 5.82 Å². The molecule has 1 N–H and O–H groups in total. The molecule has 0 spiro atoms. The number of carboxylic acid groups (broad SMARTS) is 1. The van der Waals surface area contributed by atoms with Crippen LogP contribution in [0.5, 0.6) is 0 Å². The van der Waals surface area contributed by atoms with Crippen LogP contribution in [0.2, 0.25) is 0 Å². The van der Waals surface area contributed by atoms with Crippen molar-refractivity contribution in [3.05, 3.63) is 30.1 Å². The largest absolute Gasteiger partial charge is 0.481 e. The van der Waals surface area contributed by atoms with Crippen molar-refractivity contribution in [1.29, 1.82) is 0 Å². The molecule has 1 aromatic rings. The Morgan fingerprint density at radius 2 is 1.85 bits per heavy atom. The van der Waals surface area contributed by atoms with Crippen LogP contribution >= 0.6 is 0 Å². The first-order chi connectivity index (χ1) is 9.66. The third-order valence-corrected chi connectivity index (χ3v) is 4.53. The summed E-state index contributed by atoms with van der Waals surface area (Å²) in [7, 11) is 0. The van der Waals surface area contributed by atoms with Gasteiger partial charge in [-0.3, -0.25) is 9.69 Å². The first-order valence-corrected chi connectivity index (χ1v) is 7.13. The highest BCUT2D eigenvalue weighted by molar-refractivity contribution is 5.72. The number of carbonyl (C=O) groups is 1. The lowest BCUT2D eigenvalue weighted by Crippen LogP contribution is -2.57. The van der Waals surface area contributed by atoms with E-state index in [1.807, 2.05) is 11.0 Å². The van der Waals surface area contributed by atoms with Gasteiger partial charge in [0, 0.05) is 32.2 Å². The molecule has 0 amide bonds. The molecule has 1 aliphatic heterocycles. The Morgan fingerprint density at radius 1 is 1.15 bits per heavy atom. The molecule has 1 aromatic carbocycles. The Balaban J connectivity index is 1.60. The molecule has 2 atom stereocenters. The van der Waals surface area contributed by atoms with Gasteiger partial charge in [-0.2, -0.15) is 0 Å². The van der Waals surface area contributed by atoms with E-state index in [9.17, 15) is 9.18 Å². The van der Waals surface area contributed by atoms with E-state index in [-0.39, 0.29) is 17.8 Å². The van der Waals surface area contributed by atoms with Crippen LogP contribution in [0.1, 0.15) is 12.8 Å². The maximum atomic E-state index is 13.7. The van der Waals surface area contributed by atoms with E-state index < -0.39 is 5.97 Å². The number of rotatable bonds is 3. The molecule has 20 heavy (non-hydrogen) atoms. The molecule has 0 bridgehead atoms. The molecule has 4 nitrogen and oxygen atoms in total. The molecule has 2 fully saturated rings. The highest BCUT2D eigenvalue weighted by Gasteiger charge is 2.41. The summed E-state index contributed by atoms with van der Waals surface area (Å²) >= 11 is 0. The number of aliphatic carboxylic acids is 1. The van der Waals surface area contributed by atoms with Gasteiger partial charge in [-0.25, -0.2) is 4.39 Å². The van der Waals surface area contributed by atoms with Crippen LogP contribution in [0.15, 0.2) is 24.3 Å². The molecule has 0 radical (unpaired) electrons. The van der Waals surface area contributed by atoms with Crippen molar-refractivity contribution in [3.63, 3.8) is 0 Å². The number of para-hydroxylation sites is 1. The Labute approximate surface area is 117 Å². The van der Waals surface area contributed by atoms with E-state index in [1.54, 1.807) is 12.1 Å². The Hall–Kier alpha value is -1.62. The van der Waals surface area contributed by atoms with Gasteiger partial charge in [-0.05, 0) is 25.0 Å². The molecule has 2 aliphatic rings. The molecular formula is C15H19FN2O2. The van der Waals surface area contributed by atoms with Crippen molar-refractivity contribution in [1.82, 2.24) is 4.90 Å². The third kappa shape index (κ3) is 2.38. The first kappa shape index (κ1) is 13.4. The SMILES string of the molecule is O=C(O)C1CCC1N1CCN(c2ccccc2F)CC1. The van der Waals surface area contributed by atoms with Crippen LogP contribution < -0.4 is 4.90 Å². The number of hydrogen-bond donors (Lipinski definition) is 1. The summed E-state index contributed by atoms with van der Waals surface area (Å²) in [5, 5.41) is 9.11. The average Bonchev–Trinajstić information content (AvgIpc) is 2.38. The minimum Gasteiger partial charge on any atom is -0.481 e. The zero-order valence-electron chi connectivity index (χ0n) is 11.3. The van der Waals surface area contributed by atoms with Crippen molar-refractivity contribution >= 4 is 11.7 Å². The second-order valence-electron chi connectivity index (χ2n) is 5.56. The van der Waals surface area contributed by atoms with Crippen LogP contribution in [-0.2, 0) is 4.79 Å². The standard InChI is InChI=1S/C15H19FN2O2/c16-12-3-1-2-4-14(12)18-9-7-17(8-10-18)13-6-5-11(13)15(19)20/h1-4,11,13H,5-10H2,(H,19,20). The van der Waals surface area contributed by atoms with Gasteiger partial charge in [0.2, 0.25) is 0 Å². The summed E-state index contributed by atoms with van der Waals surface area (Å²) in [6.45, 7) is 3.12. The van der Waals surface area contributed by atoms with Crippen molar-refractivity contribution in [2.24, 2.45) is 5.92 Å². The maximum absolute atomic E-state index is 13.7. The topological polar surface area (TPSA) is 43.8 Å². The third-order valence-electron chi connectivity index (χ3n) is 4.53. The lowest BCUT2D eigenvalue weighted by Gasteiger charge is -2.46. The van der Waals surface area contributed by atoms with Gasteiger partial charge >= 0.3 is 5.97 Å². The van der Waals surface area contributed by atoms with Gasteiger partial charge in [-0.1, -0.05) is 12.1 Å². The van der Waals surface area contributed by atoms with E-state index in [0.717, 1.165) is 39.0 Å². The molecule has 1 heterocycles. The molecule has 2 unspecified atom stereocenters. The molecule has 1 saturated carbocycles. The summed E-state index contributed by atoms with van der Waals surface area (Å²) in [5.41, 5.74) is 0.649. The number of anilines is 1. The van der Waals surface area contributed by atoms with Crippen LogP contribution in [0, 0.1) is 11.7 Å². The predicted molar refractivity (Wildman–Crippen MR) is 74.3 cm³/mol. The highest BCUT2D eigenvalue weighted by atomic mass is 19.1. The molecule has 1 saturated heterocycles. The second kappa shape index (κ2) is 5.40. The normalized spacial score (nSPS) is 27.1. The molecular weight excluding hydrogens is 259 g/mol. The molecule has 0 aromatic heterocycles. The van der Waals surface area contributed by atoms with Gasteiger partial charge < -0.3 is 10.0 Å². The van der Waals surface area contributed by atoms with Gasteiger partial charge in [0.15, 0.2) is 0 Å². The molecule has 3 rings (SSSR count). The summed E-state index contributed by atoms with van der Waals surface area (Å²) in [5.74, 6) is -1.08. The number of halogens is 1. The Kier molecular flexibility index (Phi) is 3.61. The van der Waals surface area contributed by atoms with E-state index in [0.29, 0.717) is 5.69 Å². The monoisotopic (exact) mass is 278 g/mol. The van der Waals surface area contributed by atoms with Crippen molar-refractivity contribution in [2.75, 3.05) is 31.1 Å². The maximum Gasteiger partial charge on any atom is 0.308 e. The number of nitrogens with zero attached hydrogens (tertiary/aromatic N) is 2. The summed E-state index contributed by atoms with van der Waals surface area (Å²) in [6.07, 6.45) is 1.75. The number of hydrogen-bond acceptors (Lipinski definition) is 3. The number of benzene rings is 1. The fourth-order valence-electron chi connectivity index (χ4n) is 3.21. The van der Waals surface area contributed by atoms with E-state index in [2.05, 4.69) is 4.90 Å². The van der Waals surface area contributed by atoms with Crippen molar-refractivity contribution in [3.8, 4) is 0 Å². The summed E-state index contributed by atoms with van der Waals surface area (Å²) in [6, 6.07) is 7.00. The van der Waals surface area contributed by atoms with Crippen LogP contribution in [0.25, 0.3) is 0 Å². The van der Waals surface area contributed by atoms with Gasteiger partial charge in [0.25, 0.3) is 0 Å². The van der Waals surface area contributed by atoms with E-state index >= 15 is 0 Å². The van der Waals surface area contributed by atoms with Crippen LogP contribution in [0.4, 0.5) is 10.1 Å². The quantitative estimate of drug-likeness (QED) is 0.916. The minimum absolute atomic E-state index is 0.176. The van der Waals surface area contributed by atoms with Crippen LogP contribution in [-0.4, -0.2) is 48.2 Å². The summed E-state index contributed by atoms with van der Waals surface area (Å²) < 4.78 is 13.7. The average molecular weight is 278 g/mol.